The van der Waals surface area contributed by atoms with Gasteiger partial charge in [0.2, 0.25) is 0 Å². The summed E-state index contributed by atoms with van der Waals surface area (Å²) in [4.78, 5) is 0. The third-order valence-corrected chi connectivity index (χ3v) is 9.31. The minimum Gasteiger partial charge on any atom is -0.456 e. The van der Waals surface area contributed by atoms with E-state index in [1.807, 2.05) is 48.5 Å². The molecule has 8 aromatic rings. The Hall–Kier alpha value is -4.52. The van der Waals surface area contributed by atoms with E-state index in [9.17, 15) is 0 Å². The lowest BCUT2D eigenvalue weighted by molar-refractivity contribution is 0.00578. The van der Waals surface area contributed by atoms with E-state index in [1.54, 1.807) is 0 Å². The Bertz CT molecular complexity index is 2280. The van der Waals surface area contributed by atoms with Crippen molar-refractivity contribution in [2.24, 2.45) is 0 Å². The SMILES string of the molecule is CC1(C)OB(c2cc(-c3c4c(cc5oc6ccccc6c35)oc3ccccc34)cc3oc4ccccc4c23)OC1(C)C. The maximum absolute atomic E-state index is 6.65. The van der Waals surface area contributed by atoms with Crippen molar-refractivity contribution in [3.63, 3.8) is 0 Å². The Morgan fingerprint density at radius 1 is 0.476 bits per heavy atom. The molecule has 1 aliphatic heterocycles. The highest BCUT2D eigenvalue weighted by Crippen LogP contribution is 2.46. The van der Waals surface area contributed by atoms with Gasteiger partial charge in [0.1, 0.15) is 33.5 Å². The summed E-state index contributed by atoms with van der Waals surface area (Å²) in [6, 6.07) is 30.9. The molecule has 4 heterocycles. The van der Waals surface area contributed by atoms with E-state index in [0.717, 1.165) is 82.4 Å². The van der Waals surface area contributed by atoms with Gasteiger partial charge < -0.3 is 22.6 Å². The molecule has 1 aliphatic rings. The minimum absolute atomic E-state index is 0.492. The minimum atomic E-state index is -0.574. The van der Waals surface area contributed by atoms with Crippen LogP contribution in [0.25, 0.3) is 76.9 Å². The van der Waals surface area contributed by atoms with Crippen LogP contribution in [0.5, 0.6) is 0 Å². The summed E-state index contributed by atoms with van der Waals surface area (Å²) in [5.74, 6) is 0. The van der Waals surface area contributed by atoms with Gasteiger partial charge in [0, 0.05) is 43.9 Å². The smallest absolute Gasteiger partial charge is 0.456 e. The molecule has 0 unspecified atom stereocenters. The number of benzene rings is 5. The number of para-hydroxylation sites is 3. The summed E-state index contributed by atoms with van der Waals surface area (Å²) in [6.45, 7) is 8.34. The molecule has 5 aromatic carbocycles. The Balaban J connectivity index is 1.45. The van der Waals surface area contributed by atoms with Crippen molar-refractivity contribution in [3.8, 4) is 11.1 Å². The maximum atomic E-state index is 6.65. The highest BCUT2D eigenvalue weighted by Gasteiger charge is 2.52. The first kappa shape index (κ1) is 24.1. The van der Waals surface area contributed by atoms with Gasteiger partial charge in [-0.2, -0.15) is 0 Å². The van der Waals surface area contributed by atoms with Gasteiger partial charge in [-0.1, -0.05) is 60.7 Å². The molecule has 0 bridgehead atoms. The molecule has 1 saturated heterocycles. The van der Waals surface area contributed by atoms with Crippen molar-refractivity contribution < 1.29 is 22.6 Å². The summed E-state index contributed by atoms with van der Waals surface area (Å²) in [5, 5.41) is 6.23. The molecule has 0 aliphatic carbocycles. The van der Waals surface area contributed by atoms with Crippen LogP contribution < -0.4 is 5.46 Å². The van der Waals surface area contributed by atoms with E-state index in [4.69, 9.17) is 22.6 Å². The van der Waals surface area contributed by atoms with Gasteiger partial charge in [-0.3, -0.25) is 0 Å². The summed E-state index contributed by atoms with van der Waals surface area (Å²) in [5.41, 5.74) is 6.82. The zero-order chi connectivity index (χ0) is 28.4. The van der Waals surface area contributed by atoms with Crippen molar-refractivity contribution in [2.45, 2.75) is 38.9 Å². The van der Waals surface area contributed by atoms with Crippen molar-refractivity contribution >= 4 is 78.4 Å². The van der Waals surface area contributed by atoms with E-state index < -0.39 is 18.3 Å². The zero-order valence-corrected chi connectivity index (χ0v) is 23.8. The molecule has 0 saturated carbocycles. The molecule has 0 amide bonds. The summed E-state index contributed by atoms with van der Waals surface area (Å²) in [6.07, 6.45) is 0. The Morgan fingerprint density at radius 3 is 1.40 bits per heavy atom. The Kier molecular flexibility index (Phi) is 4.63. The lowest BCUT2D eigenvalue weighted by atomic mass is 9.74. The molecule has 5 nitrogen and oxygen atoms in total. The molecular formula is C36H27BO5. The van der Waals surface area contributed by atoms with Crippen molar-refractivity contribution in [2.75, 3.05) is 0 Å². The average molecular weight is 550 g/mol. The van der Waals surface area contributed by atoms with Gasteiger partial charge >= 0.3 is 7.12 Å². The first-order valence-electron chi connectivity index (χ1n) is 14.4. The first-order chi connectivity index (χ1) is 20.3. The van der Waals surface area contributed by atoms with Crippen LogP contribution in [0.4, 0.5) is 0 Å². The Morgan fingerprint density at radius 2 is 0.905 bits per heavy atom. The number of furan rings is 3. The fourth-order valence-electron chi connectivity index (χ4n) is 6.57. The standard InChI is InChI=1S/C36H27BO5/c1-35(2)36(3,4)42-37(41-35)24-17-20(18-28-32(24)21-11-5-8-14-25(21)38-28)31-33-22-12-6-9-15-26(22)39-29(33)19-30-34(31)23-13-7-10-16-27(23)40-30/h5-19H,1-4H3. The molecule has 9 rings (SSSR count). The second kappa shape index (κ2) is 8.06. The highest BCUT2D eigenvalue weighted by molar-refractivity contribution is 6.66. The molecule has 0 spiro atoms. The summed E-state index contributed by atoms with van der Waals surface area (Å²) >= 11 is 0. The summed E-state index contributed by atoms with van der Waals surface area (Å²) in [7, 11) is -0.574. The largest absolute Gasteiger partial charge is 0.495 e. The second-order valence-electron chi connectivity index (χ2n) is 12.3. The van der Waals surface area contributed by atoms with E-state index in [2.05, 4.69) is 70.2 Å². The highest BCUT2D eigenvalue weighted by atomic mass is 16.7. The lowest BCUT2D eigenvalue weighted by Crippen LogP contribution is -2.41. The molecule has 42 heavy (non-hydrogen) atoms. The molecule has 6 heteroatoms. The van der Waals surface area contributed by atoms with Crippen molar-refractivity contribution in [1.82, 2.24) is 0 Å². The van der Waals surface area contributed by atoms with Crippen LogP contribution in [0, 0.1) is 0 Å². The first-order valence-corrected chi connectivity index (χ1v) is 14.4. The van der Waals surface area contributed by atoms with Crippen molar-refractivity contribution in [1.29, 1.82) is 0 Å². The zero-order valence-electron chi connectivity index (χ0n) is 23.8. The van der Waals surface area contributed by atoms with Crippen LogP contribution in [0.2, 0.25) is 0 Å². The Labute approximate surface area is 241 Å². The average Bonchev–Trinajstić information content (AvgIpc) is 3.69. The number of rotatable bonds is 2. The number of fused-ring (bicyclic) bond motifs is 9. The fraction of sp³-hybridized carbons (Fsp3) is 0.167. The van der Waals surface area contributed by atoms with E-state index >= 15 is 0 Å². The van der Waals surface area contributed by atoms with Crippen LogP contribution in [-0.4, -0.2) is 18.3 Å². The molecule has 3 aromatic heterocycles. The third-order valence-electron chi connectivity index (χ3n) is 9.31. The van der Waals surface area contributed by atoms with E-state index in [1.165, 1.54) is 0 Å². The van der Waals surface area contributed by atoms with Crippen LogP contribution in [0.1, 0.15) is 27.7 Å². The van der Waals surface area contributed by atoms with E-state index in [0.29, 0.717) is 0 Å². The van der Waals surface area contributed by atoms with Gasteiger partial charge in [-0.25, -0.2) is 0 Å². The van der Waals surface area contributed by atoms with Gasteiger partial charge in [0.05, 0.1) is 11.2 Å². The van der Waals surface area contributed by atoms with Gasteiger partial charge in [0.25, 0.3) is 0 Å². The number of hydrogen-bond acceptors (Lipinski definition) is 5. The van der Waals surface area contributed by atoms with Crippen LogP contribution in [0.3, 0.4) is 0 Å². The maximum Gasteiger partial charge on any atom is 0.495 e. The molecular weight excluding hydrogens is 523 g/mol. The molecule has 204 valence electrons. The monoisotopic (exact) mass is 550 g/mol. The van der Waals surface area contributed by atoms with Crippen LogP contribution in [0.15, 0.2) is 104 Å². The van der Waals surface area contributed by atoms with Gasteiger partial charge in [0.15, 0.2) is 0 Å². The predicted octanol–water partition coefficient (Wildman–Crippen LogP) is 9.35. The second-order valence-corrected chi connectivity index (χ2v) is 12.3. The molecule has 0 radical (unpaired) electrons. The molecule has 0 atom stereocenters. The molecule has 1 fully saturated rings. The van der Waals surface area contributed by atoms with Crippen LogP contribution >= 0.6 is 0 Å². The quantitative estimate of drug-likeness (QED) is 0.201. The van der Waals surface area contributed by atoms with E-state index in [-0.39, 0.29) is 0 Å². The van der Waals surface area contributed by atoms with Crippen molar-refractivity contribution in [3.05, 3.63) is 91.0 Å². The third kappa shape index (κ3) is 3.16. The van der Waals surface area contributed by atoms with Gasteiger partial charge in [-0.05, 0) is 63.0 Å². The lowest BCUT2D eigenvalue weighted by Gasteiger charge is -2.32. The summed E-state index contributed by atoms with van der Waals surface area (Å²) < 4.78 is 32.6. The van der Waals surface area contributed by atoms with Crippen LogP contribution in [-0.2, 0) is 9.31 Å². The molecule has 0 N–H and O–H groups in total. The fourth-order valence-corrected chi connectivity index (χ4v) is 6.57. The topological polar surface area (TPSA) is 57.9 Å². The normalized spacial score (nSPS) is 16.7. The predicted molar refractivity (Wildman–Crippen MR) is 169 cm³/mol. The number of hydrogen-bond donors (Lipinski definition) is 0. The van der Waals surface area contributed by atoms with Gasteiger partial charge in [-0.15, -0.1) is 0 Å².